The molecule has 0 atom stereocenters. The van der Waals surface area contributed by atoms with Crippen LogP contribution >= 0.6 is 0 Å². The first-order valence-corrected chi connectivity index (χ1v) is 4.05. The summed E-state index contributed by atoms with van der Waals surface area (Å²) in [7, 11) is 1.32. The van der Waals surface area contributed by atoms with Crippen molar-refractivity contribution in [1.29, 1.82) is 0 Å². The summed E-state index contributed by atoms with van der Waals surface area (Å²) >= 11 is 0. The van der Waals surface area contributed by atoms with E-state index in [0.717, 1.165) is 5.56 Å². The van der Waals surface area contributed by atoms with Crippen molar-refractivity contribution in [3.05, 3.63) is 34.9 Å². The third-order valence-electron chi connectivity index (χ3n) is 1.73. The van der Waals surface area contributed by atoms with E-state index in [1.165, 1.54) is 13.3 Å². The van der Waals surface area contributed by atoms with E-state index in [1.54, 1.807) is 18.2 Å². The Kier molecular flexibility index (Phi) is 3.23. The molecule has 0 spiro atoms. The Morgan fingerprint density at radius 3 is 2.79 bits per heavy atom. The summed E-state index contributed by atoms with van der Waals surface area (Å²) in [5.74, 6) is -0.402. The molecule has 0 saturated carbocycles. The van der Waals surface area contributed by atoms with Gasteiger partial charge in [0.25, 0.3) is 0 Å². The lowest BCUT2D eigenvalue weighted by Gasteiger charge is -2.02. The van der Waals surface area contributed by atoms with E-state index < -0.39 is 5.97 Å². The highest BCUT2D eigenvalue weighted by Gasteiger charge is 2.06. The van der Waals surface area contributed by atoms with E-state index in [-0.39, 0.29) is 0 Å². The largest absolute Gasteiger partial charge is 0.465 e. The average molecular weight is 193 g/mol. The first-order chi connectivity index (χ1) is 6.67. The Hall–Kier alpha value is -1.84. The molecule has 4 heteroatoms. The minimum Gasteiger partial charge on any atom is -0.465 e. The van der Waals surface area contributed by atoms with Crippen molar-refractivity contribution in [3.63, 3.8) is 0 Å². The highest BCUT2D eigenvalue weighted by atomic mass is 16.5. The predicted octanol–water partition coefficient (Wildman–Crippen LogP) is 1.59. The Bertz CT molecular complexity index is 372. The number of benzene rings is 1. The number of hydrogen-bond donors (Lipinski definition) is 1. The first kappa shape index (κ1) is 10.2. The molecule has 0 unspecified atom stereocenters. The van der Waals surface area contributed by atoms with Crippen LogP contribution in [0.1, 0.15) is 21.5 Å². The highest BCUT2D eigenvalue weighted by molar-refractivity contribution is 5.92. The molecule has 0 aliphatic heterocycles. The molecule has 1 aromatic rings. The van der Waals surface area contributed by atoms with E-state index >= 15 is 0 Å². The number of oxime groups is 1. The molecule has 0 amide bonds. The van der Waals surface area contributed by atoms with Crippen LogP contribution in [0.2, 0.25) is 0 Å². The van der Waals surface area contributed by atoms with Crippen molar-refractivity contribution >= 4 is 12.2 Å². The number of aryl methyl sites for hydroxylation is 1. The topological polar surface area (TPSA) is 58.9 Å². The molecular weight excluding hydrogens is 182 g/mol. The summed E-state index contributed by atoms with van der Waals surface area (Å²) in [5.41, 5.74) is 2.01. The van der Waals surface area contributed by atoms with Crippen LogP contribution in [0.15, 0.2) is 23.4 Å². The summed E-state index contributed by atoms with van der Waals surface area (Å²) < 4.78 is 4.58. The SMILES string of the molecule is COC(=O)c1cc(C)cc(/C=N/O)c1. The minimum atomic E-state index is -0.402. The normalized spacial score (nSPS) is 10.4. The van der Waals surface area contributed by atoms with Gasteiger partial charge in [-0.3, -0.25) is 0 Å². The van der Waals surface area contributed by atoms with Crippen molar-refractivity contribution in [1.82, 2.24) is 0 Å². The Morgan fingerprint density at radius 1 is 1.50 bits per heavy atom. The van der Waals surface area contributed by atoms with E-state index in [0.29, 0.717) is 11.1 Å². The number of hydrogen-bond acceptors (Lipinski definition) is 4. The fourth-order valence-electron chi connectivity index (χ4n) is 1.19. The van der Waals surface area contributed by atoms with Gasteiger partial charge in [-0.05, 0) is 30.2 Å². The molecule has 1 N–H and O–H groups in total. The number of esters is 1. The van der Waals surface area contributed by atoms with Gasteiger partial charge in [0.1, 0.15) is 0 Å². The van der Waals surface area contributed by atoms with E-state index in [4.69, 9.17) is 5.21 Å². The molecule has 0 aliphatic carbocycles. The third kappa shape index (κ3) is 2.32. The van der Waals surface area contributed by atoms with Gasteiger partial charge in [-0.1, -0.05) is 11.2 Å². The number of methoxy groups -OCH3 is 1. The van der Waals surface area contributed by atoms with Crippen LogP contribution in [-0.2, 0) is 4.74 Å². The van der Waals surface area contributed by atoms with Crippen molar-refractivity contribution in [2.75, 3.05) is 7.11 Å². The van der Waals surface area contributed by atoms with Crippen molar-refractivity contribution in [3.8, 4) is 0 Å². The van der Waals surface area contributed by atoms with E-state index in [2.05, 4.69) is 9.89 Å². The zero-order chi connectivity index (χ0) is 10.6. The van der Waals surface area contributed by atoms with Crippen LogP contribution in [-0.4, -0.2) is 24.5 Å². The molecule has 0 bridgehead atoms. The molecule has 0 heterocycles. The van der Waals surface area contributed by atoms with Crippen LogP contribution in [0.25, 0.3) is 0 Å². The predicted molar refractivity (Wildman–Crippen MR) is 51.9 cm³/mol. The Balaban J connectivity index is 3.13. The highest BCUT2D eigenvalue weighted by Crippen LogP contribution is 2.09. The third-order valence-corrected chi connectivity index (χ3v) is 1.73. The van der Waals surface area contributed by atoms with Crippen molar-refractivity contribution in [2.45, 2.75) is 6.92 Å². The second-order valence-electron chi connectivity index (χ2n) is 2.87. The smallest absolute Gasteiger partial charge is 0.337 e. The van der Waals surface area contributed by atoms with E-state index in [9.17, 15) is 4.79 Å². The maximum Gasteiger partial charge on any atom is 0.337 e. The van der Waals surface area contributed by atoms with Gasteiger partial charge in [-0.25, -0.2) is 4.79 Å². The first-order valence-electron chi connectivity index (χ1n) is 4.05. The van der Waals surface area contributed by atoms with Gasteiger partial charge in [0, 0.05) is 0 Å². The number of carbonyl (C=O) groups excluding carboxylic acids is 1. The molecule has 1 rings (SSSR count). The maximum atomic E-state index is 11.2. The van der Waals surface area contributed by atoms with Crippen LogP contribution in [0, 0.1) is 6.92 Å². The van der Waals surface area contributed by atoms with Gasteiger partial charge >= 0.3 is 5.97 Å². The molecule has 74 valence electrons. The van der Waals surface area contributed by atoms with Gasteiger partial charge in [0.15, 0.2) is 0 Å². The molecule has 0 aliphatic rings. The summed E-state index contributed by atoms with van der Waals surface area (Å²) in [5, 5.41) is 11.2. The van der Waals surface area contributed by atoms with Crippen molar-refractivity contribution < 1.29 is 14.7 Å². The van der Waals surface area contributed by atoms with Crippen LogP contribution < -0.4 is 0 Å². The molecule has 0 aromatic heterocycles. The van der Waals surface area contributed by atoms with Crippen LogP contribution in [0.5, 0.6) is 0 Å². The fraction of sp³-hybridized carbons (Fsp3) is 0.200. The molecule has 14 heavy (non-hydrogen) atoms. The summed E-state index contributed by atoms with van der Waals surface area (Å²) in [6, 6.07) is 5.10. The van der Waals surface area contributed by atoms with Gasteiger partial charge in [-0.15, -0.1) is 0 Å². The minimum absolute atomic E-state index is 0.402. The average Bonchev–Trinajstić information content (AvgIpc) is 2.16. The number of rotatable bonds is 2. The molecular formula is C10H11NO3. The second-order valence-corrected chi connectivity index (χ2v) is 2.87. The number of ether oxygens (including phenoxy) is 1. The van der Waals surface area contributed by atoms with Gasteiger partial charge < -0.3 is 9.94 Å². The van der Waals surface area contributed by atoms with Gasteiger partial charge in [-0.2, -0.15) is 0 Å². The standard InChI is InChI=1S/C10H11NO3/c1-7-3-8(6-11-13)5-9(4-7)10(12)14-2/h3-6,13H,1-2H3/b11-6+. The molecule has 4 nitrogen and oxygen atoms in total. The van der Waals surface area contributed by atoms with E-state index in [1.807, 2.05) is 6.92 Å². The van der Waals surface area contributed by atoms with Gasteiger partial charge in [0.2, 0.25) is 0 Å². The summed E-state index contributed by atoms with van der Waals surface area (Å²) in [6.07, 6.45) is 1.26. The van der Waals surface area contributed by atoms with Crippen LogP contribution in [0.4, 0.5) is 0 Å². The zero-order valence-corrected chi connectivity index (χ0v) is 8.02. The number of carbonyl (C=O) groups is 1. The number of nitrogens with zero attached hydrogens (tertiary/aromatic N) is 1. The second kappa shape index (κ2) is 4.41. The zero-order valence-electron chi connectivity index (χ0n) is 8.02. The van der Waals surface area contributed by atoms with Crippen molar-refractivity contribution in [2.24, 2.45) is 5.16 Å². The quantitative estimate of drug-likeness (QED) is 0.336. The maximum absolute atomic E-state index is 11.2. The summed E-state index contributed by atoms with van der Waals surface area (Å²) in [4.78, 5) is 11.2. The Labute approximate surface area is 81.8 Å². The lowest BCUT2D eigenvalue weighted by molar-refractivity contribution is 0.0600. The molecule has 0 saturated heterocycles. The summed E-state index contributed by atoms with van der Waals surface area (Å²) in [6.45, 7) is 1.85. The molecule has 1 aromatic carbocycles. The lowest BCUT2D eigenvalue weighted by atomic mass is 10.1. The molecule has 0 radical (unpaired) electrons. The Morgan fingerprint density at radius 2 is 2.21 bits per heavy atom. The van der Waals surface area contributed by atoms with Crippen LogP contribution in [0.3, 0.4) is 0 Å². The van der Waals surface area contributed by atoms with Gasteiger partial charge in [0.05, 0.1) is 18.9 Å². The molecule has 0 fully saturated rings. The fourth-order valence-corrected chi connectivity index (χ4v) is 1.19. The lowest BCUT2D eigenvalue weighted by Crippen LogP contribution is -2.02. The monoisotopic (exact) mass is 193 g/mol.